The smallest absolute Gasteiger partial charge is 0.416 e. The molecule has 2 N–H and O–H groups in total. The zero-order valence-corrected chi connectivity index (χ0v) is 24.3. The molecule has 0 unspecified atom stereocenters. The second-order valence-electron chi connectivity index (χ2n) is 11.2. The maximum atomic E-state index is 13.9. The van der Waals surface area contributed by atoms with Crippen LogP contribution in [0.1, 0.15) is 42.3 Å². The van der Waals surface area contributed by atoms with E-state index >= 15 is 0 Å². The lowest BCUT2D eigenvalue weighted by atomic mass is 9.96. The Morgan fingerprint density at radius 2 is 1.91 bits per heavy atom. The number of aromatic hydroxyl groups is 1. The molecule has 0 aliphatic carbocycles. The van der Waals surface area contributed by atoms with Gasteiger partial charge in [-0.15, -0.1) is 0 Å². The molecule has 1 aromatic heterocycles. The van der Waals surface area contributed by atoms with Gasteiger partial charge in [-0.25, -0.2) is 9.18 Å². The molecule has 1 amide bonds. The third kappa shape index (κ3) is 6.64. The van der Waals surface area contributed by atoms with Crippen molar-refractivity contribution in [2.24, 2.45) is 10.2 Å². The molecular weight excluding hydrogens is 590 g/mol. The standard InChI is InChI=1S/C29H29F4N5O4S/c1-28(2,3)42-27(41)38-9-8-37(14-20(38)15-39)26-35-25(40)24(43-26)21(16-5-7-23-18(10-16)13-34-36-23)11-17-4-6-19(30)12-22(17)29(31,32)33/h4-7,10,12-13,20,39-40H,8-9,11,14-15H2,1-3H3/t20-/m1/s1. The Morgan fingerprint density at radius 1 is 1.14 bits per heavy atom. The van der Waals surface area contributed by atoms with Crippen LogP contribution >= 0.6 is 11.3 Å². The number of anilines is 1. The number of hydrogen-bond donors (Lipinski definition) is 2. The number of hydrogen-bond acceptors (Lipinski definition) is 9. The predicted molar refractivity (Wildman–Crippen MR) is 152 cm³/mol. The molecule has 0 spiro atoms. The van der Waals surface area contributed by atoms with Crippen LogP contribution in [-0.4, -0.2) is 70.3 Å². The van der Waals surface area contributed by atoms with Crippen LogP contribution in [0, 0.1) is 5.82 Å². The molecule has 3 heterocycles. The van der Waals surface area contributed by atoms with Gasteiger partial charge >= 0.3 is 12.3 Å². The average molecular weight is 620 g/mol. The second-order valence-corrected chi connectivity index (χ2v) is 12.2. The molecule has 1 atom stereocenters. The molecular formula is C29H29F4N5O4S. The van der Waals surface area contributed by atoms with Crippen LogP contribution in [0.2, 0.25) is 0 Å². The number of thiazole rings is 1. The van der Waals surface area contributed by atoms with Crippen LogP contribution in [0.3, 0.4) is 0 Å². The Balaban J connectivity index is 1.53. The number of rotatable bonds is 5. The fourth-order valence-electron chi connectivity index (χ4n) is 4.94. The lowest BCUT2D eigenvalue weighted by Gasteiger charge is -2.40. The number of aromatic nitrogens is 1. The molecule has 228 valence electrons. The summed E-state index contributed by atoms with van der Waals surface area (Å²) in [5, 5.41) is 30.4. The van der Waals surface area contributed by atoms with Gasteiger partial charge in [-0.05, 0) is 61.4 Å². The van der Waals surface area contributed by atoms with E-state index in [0.717, 1.165) is 23.5 Å². The van der Waals surface area contributed by atoms with Crippen LogP contribution < -0.4 is 15.5 Å². The predicted octanol–water partition coefficient (Wildman–Crippen LogP) is 3.83. The number of carbonyl (C=O) groups excluding carboxylic acids is 1. The van der Waals surface area contributed by atoms with E-state index in [1.165, 1.54) is 11.1 Å². The number of alkyl halides is 3. The zero-order chi connectivity index (χ0) is 31.1. The van der Waals surface area contributed by atoms with Crippen molar-refractivity contribution < 1.29 is 37.3 Å². The van der Waals surface area contributed by atoms with E-state index in [2.05, 4.69) is 15.2 Å². The van der Waals surface area contributed by atoms with Gasteiger partial charge in [-0.2, -0.15) is 28.4 Å². The minimum Gasteiger partial charge on any atom is -0.492 e. The molecule has 43 heavy (non-hydrogen) atoms. The van der Waals surface area contributed by atoms with E-state index in [9.17, 15) is 32.6 Å². The average Bonchev–Trinajstić information content (AvgIpc) is 3.56. The molecule has 2 aliphatic rings. The summed E-state index contributed by atoms with van der Waals surface area (Å²) < 4.78 is 61.1. The highest BCUT2D eigenvalue weighted by Crippen LogP contribution is 2.39. The Labute approximate surface area is 248 Å². The summed E-state index contributed by atoms with van der Waals surface area (Å²) in [6, 6.07) is 6.95. The van der Waals surface area contributed by atoms with E-state index in [4.69, 9.17) is 4.74 Å². The van der Waals surface area contributed by atoms with Crippen LogP contribution in [0.25, 0.3) is 5.57 Å². The van der Waals surface area contributed by atoms with Crippen molar-refractivity contribution in [3.05, 3.63) is 74.4 Å². The Bertz CT molecular complexity index is 1700. The number of aliphatic hydroxyl groups is 1. The maximum absolute atomic E-state index is 13.9. The fraction of sp³-hybridized carbons (Fsp3) is 0.379. The van der Waals surface area contributed by atoms with Crippen molar-refractivity contribution >= 4 is 34.3 Å². The monoisotopic (exact) mass is 619 g/mol. The third-order valence-corrected chi connectivity index (χ3v) is 8.11. The number of benzene rings is 2. The first-order chi connectivity index (χ1) is 20.2. The van der Waals surface area contributed by atoms with Crippen LogP contribution in [0.4, 0.5) is 27.5 Å². The summed E-state index contributed by atoms with van der Waals surface area (Å²) in [6.45, 7) is 5.60. The highest BCUT2D eigenvalue weighted by atomic mass is 32.1. The Hall–Kier alpha value is -4.04. The molecule has 2 aromatic carbocycles. The number of nitrogens with zero attached hydrogens (tertiary/aromatic N) is 5. The highest BCUT2D eigenvalue weighted by Gasteiger charge is 2.36. The minimum atomic E-state index is -4.81. The zero-order valence-electron chi connectivity index (χ0n) is 23.5. The first kappa shape index (κ1) is 30.4. The van der Waals surface area contributed by atoms with E-state index in [1.807, 2.05) is 0 Å². The van der Waals surface area contributed by atoms with E-state index in [1.54, 1.807) is 43.9 Å². The molecule has 0 saturated carbocycles. The van der Waals surface area contributed by atoms with Gasteiger partial charge in [0.15, 0.2) is 5.13 Å². The van der Waals surface area contributed by atoms with Gasteiger partial charge in [0.05, 0.1) is 34.7 Å². The van der Waals surface area contributed by atoms with Gasteiger partial charge in [0.1, 0.15) is 11.4 Å². The number of piperazine rings is 1. The number of fused-ring (bicyclic) bond motifs is 1. The number of aliphatic hydroxyl groups excluding tert-OH is 1. The van der Waals surface area contributed by atoms with Crippen molar-refractivity contribution in [1.82, 2.24) is 9.88 Å². The highest BCUT2D eigenvalue weighted by molar-refractivity contribution is 7.17. The molecule has 5 rings (SSSR count). The lowest BCUT2D eigenvalue weighted by molar-refractivity contribution is -0.138. The van der Waals surface area contributed by atoms with Crippen LogP contribution in [-0.2, 0) is 17.3 Å². The van der Waals surface area contributed by atoms with Gasteiger partial charge in [-0.3, -0.25) is 4.90 Å². The van der Waals surface area contributed by atoms with Crippen molar-refractivity contribution in [2.75, 3.05) is 31.1 Å². The molecule has 0 bridgehead atoms. The number of amides is 1. The van der Waals surface area contributed by atoms with Gasteiger partial charge in [-0.1, -0.05) is 23.5 Å². The summed E-state index contributed by atoms with van der Waals surface area (Å²) >= 11 is 1.07. The van der Waals surface area contributed by atoms with E-state index in [-0.39, 0.29) is 42.4 Å². The van der Waals surface area contributed by atoms with Crippen LogP contribution in [0.15, 0.2) is 46.6 Å². The number of carbonyl (C=O) groups is 1. The largest absolute Gasteiger partial charge is 0.492 e. The molecule has 1 fully saturated rings. The van der Waals surface area contributed by atoms with Gasteiger partial charge in [0.25, 0.3) is 0 Å². The van der Waals surface area contributed by atoms with E-state index < -0.39 is 35.3 Å². The molecule has 0 radical (unpaired) electrons. The van der Waals surface area contributed by atoms with Crippen LogP contribution in [0.5, 0.6) is 5.88 Å². The fourth-order valence-corrected chi connectivity index (χ4v) is 6.00. The molecule has 2 aliphatic heterocycles. The summed E-state index contributed by atoms with van der Waals surface area (Å²) in [5.74, 6) is -1.40. The topological polar surface area (TPSA) is 111 Å². The SMILES string of the molecule is CC(C)(C)OC(=O)N1CCN(c2nc(O)c(C(Cc3ccc(F)cc3C(F)(F)F)=c3ccc4c(c3)C=NN=4)s2)C[C@@H]1CO. The molecule has 1 saturated heterocycles. The number of ether oxygens (including phenoxy) is 1. The quantitative estimate of drug-likeness (QED) is 0.420. The Kier molecular flexibility index (Phi) is 8.18. The van der Waals surface area contributed by atoms with E-state index in [0.29, 0.717) is 39.5 Å². The summed E-state index contributed by atoms with van der Waals surface area (Å²) in [7, 11) is 0. The van der Waals surface area contributed by atoms with Crippen molar-refractivity contribution in [2.45, 2.75) is 45.0 Å². The third-order valence-electron chi connectivity index (χ3n) is 6.95. The summed E-state index contributed by atoms with van der Waals surface area (Å²) in [4.78, 5) is 20.5. The van der Waals surface area contributed by atoms with Gasteiger partial charge in [0, 0.05) is 31.6 Å². The number of halogens is 4. The van der Waals surface area contributed by atoms with Crippen molar-refractivity contribution in [3.8, 4) is 5.88 Å². The molecule has 9 nitrogen and oxygen atoms in total. The van der Waals surface area contributed by atoms with Gasteiger partial charge in [0.2, 0.25) is 5.88 Å². The minimum absolute atomic E-state index is 0.177. The van der Waals surface area contributed by atoms with Gasteiger partial charge < -0.3 is 19.8 Å². The molecule has 3 aromatic rings. The second kappa shape index (κ2) is 11.6. The van der Waals surface area contributed by atoms with Crippen molar-refractivity contribution in [3.63, 3.8) is 0 Å². The van der Waals surface area contributed by atoms with Crippen molar-refractivity contribution in [1.29, 1.82) is 0 Å². The maximum Gasteiger partial charge on any atom is 0.416 e. The Morgan fingerprint density at radius 3 is 2.60 bits per heavy atom. The summed E-state index contributed by atoms with van der Waals surface area (Å²) in [6.07, 6.45) is -4.13. The molecule has 14 heteroatoms. The first-order valence-corrected chi connectivity index (χ1v) is 14.2. The normalized spacial score (nSPS) is 17.5. The lowest BCUT2D eigenvalue weighted by Crippen LogP contribution is -2.57. The summed E-state index contributed by atoms with van der Waals surface area (Å²) in [5.41, 5.74) is -1.02. The first-order valence-electron chi connectivity index (χ1n) is 13.4.